The van der Waals surface area contributed by atoms with E-state index in [-0.39, 0.29) is 0 Å². The van der Waals surface area contributed by atoms with Crippen molar-refractivity contribution in [2.24, 2.45) is 17.8 Å². The molecule has 1 heterocycles. The lowest BCUT2D eigenvalue weighted by Gasteiger charge is -2.44. The molecular formula is C25H38OSi. The van der Waals surface area contributed by atoms with Gasteiger partial charge in [-0.3, -0.25) is 0 Å². The number of aryl methyl sites for hydroxylation is 1. The van der Waals surface area contributed by atoms with E-state index >= 15 is 0 Å². The Morgan fingerprint density at radius 3 is 2.11 bits per heavy atom. The van der Waals surface area contributed by atoms with Crippen LogP contribution < -0.4 is 4.74 Å². The van der Waals surface area contributed by atoms with Gasteiger partial charge in [-0.2, -0.15) is 0 Å². The molecule has 2 aliphatic carbocycles. The van der Waals surface area contributed by atoms with E-state index in [1.807, 2.05) is 0 Å². The molecule has 3 aliphatic rings. The van der Waals surface area contributed by atoms with Crippen molar-refractivity contribution in [1.82, 2.24) is 0 Å². The van der Waals surface area contributed by atoms with Crippen molar-refractivity contribution in [2.75, 3.05) is 0 Å². The topological polar surface area (TPSA) is 9.23 Å². The van der Waals surface area contributed by atoms with E-state index in [1.54, 1.807) is 0 Å². The van der Waals surface area contributed by atoms with Gasteiger partial charge in [0, 0.05) is 11.8 Å². The maximum Gasteiger partial charge on any atom is 0.130 e. The van der Waals surface area contributed by atoms with Gasteiger partial charge in [0.05, 0.1) is 8.07 Å². The molecule has 0 spiro atoms. The van der Waals surface area contributed by atoms with Crippen LogP contribution in [0.1, 0.15) is 77.8 Å². The minimum absolute atomic E-state index is 0.640. The highest BCUT2D eigenvalue weighted by molar-refractivity contribution is 6.88. The van der Waals surface area contributed by atoms with E-state index in [9.17, 15) is 0 Å². The highest BCUT2D eigenvalue weighted by atomic mass is 28.3. The first kappa shape index (κ1) is 19.3. The second-order valence-corrected chi connectivity index (χ2v) is 16.3. The smallest absolute Gasteiger partial charge is 0.130 e. The van der Waals surface area contributed by atoms with Crippen LogP contribution in [0.25, 0.3) is 0 Å². The summed E-state index contributed by atoms with van der Waals surface area (Å²) in [7, 11) is -1.62. The molecule has 2 saturated carbocycles. The quantitative estimate of drug-likeness (QED) is 0.487. The van der Waals surface area contributed by atoms with E-state index in [0.29, 0.717) is 11.8 Å². The van der Waals surface area contributed by atoms with Gasteiger partial charge in [-0.25, -0.2) is 0 Å². The van der Waals surface area contributed by atoms with Gasteiger partial charge in [-0.15, -0.1) is 0 Å². The highest BCUT2D eigenvalue weighted by Gasteiger charge is 2.54. The predicted octanol–water partition coefficient (Wildman–Crippen LogP) is 7.62. The molecule has 4 atom stereocenters. The third kappa shape index (κ3) is 2.85. The summed E-state index contributed by atoms with van der Waals surface area (Å²) >= 11 is 0. The molecule has 4 unspecified atom stereocenters. The van der Waals surface area contributed by atoms with E-state index in [2.05, 4.69) is 72.4 Å². The molecule has 0 N–H and O–H groups in total. The molecular weight excluding hydrogens is 344 g/mol. The zero-order chi connectivity index (χ0) is 19.5. The minimum atomic E-state index is -1.62. The highest BCUT2D eigenvalue weighted by Crippen LogP contribution is 2.63. The SMILES string of the molecule is Cc1ccc2c(c1)C1C3CCC(C3)C1/C(=C/[Si](C(C)C)(C(C)C)C(C)C)O2. The average molecular weight is 383 g/mol. The minimum Gasteiger partial charge on any atom is -0.462 e. The predicted molar refractivity (Wildman–Crippen MR) is 118 cm³/mol. The van der Waals surface area contributed by atoms with E-state index in [0.717, 1.165) is 34.2 Å². The molecule has 1 nitrogen and oxygen atoms in total. The Morgan fingerprint density at radius 1 is 0.926 bits per heavy atom. The number of benzene rings is 1. The normalized spacial score (nSPS) is 31.0. The van der Waals surface area contributed by atoms with Crippen LogP contribution in [-0.2, 0) is 0 Å². The zero-order valence-corrected chi connectivity index (χ0v) is 19.4. The van der Waals surface area contributed by atoms with Crippen LogP contribution in [0.3, 0.4) is 0 Å². The molecule has 2 fully saturated rings. The maximum atomic E-state index is 6.76. The fourth-order valence-electron chi connectivity index (χ4n) is 7.24. The van der Waals surface area contributed by atoms with Crippen LogP contribution in [0.4, 0.5) is 0 Å². The first-order valence-corrected chi connectivity index (χ1v) is 13.6. The summed E-state index contributed by atoms with van der Waals surface area (Å²) in [5, 5.41) is 0. The van der Waals surface area contributed by atoms with Crippen LogP contribution in [0, 0.1) is 24.7 Å². The van der Waals surface area contributed by atoms with Crippen molar-refractivity contribution in [3.63, 3.8) is 0 Å². The van der Waals surface area contributed by atoms with Crippen LogP contribution >= 0.6 is 0 Å². The summed E-state index contributed by atoms with van der Waals surface area (Å²) in [6, 6.07) is 6.88. The number of hydrogen-bond acceptors (Lipinski definition) is 1. The first-order chi connectivity index (χ1) is 12.8. The van der Waals surface area contributed by atoms with Gasteiger partial charge in [-0.1, -0.05) is 64.9 Å². The lowest BCUT2D eigenvalue weighted by Crippen LogP contribution is -2.44. The lowest BCUT2D eigenvalue weighted by molar-refractivity contribution is 0.216. The molecule has 2 bridgehead atoms. The van der Waals surface area contributed by atoms with Gasteiger partial charge < -0.3 is 4.74 Å². The van der Waals surface area contributed by atoms with E-state index < -0.39 is 8.07 Å². The van der Waals surface area contributed by atoms with E-state index in [4.69, 9.17) is 4.74 Å². The molecule has 0 amide bonds. The molecule has 1 aliphatic heterocycles. The second-order valence-electron chi connectivity index (χ2n) is 10.5. The summed E-state index contributed by atoms with van der Waals surface area (Å²) in [4.78, 5) is 0. The standard InChI is InChI=1S/C25H38OSi/c1-15(2)27(16(3)4,17(5)6)14-23-25-20-10-9-19(13-20)24(25)21-12-18(7)8-11-22(21)26-23/h8,11-12,14-17,19-20,24-25H,9-10,13H2,1-7H3/b23-14-. The molecule has 1 aromatic carbocycles. The van der Waals surface area contributed by atoms with Gasteiger partial charge in [0.2, 0.25) is 0 Å². The Bertz CT molecular complexity index is 723. The van der Waals surface area contributed by atoms with E-state index in [1.165, 1.54) is 36.1 Å². The Morgan fingerprint density at radius 2 is 1.52 bits per heavy atom. The fraction of sp³-hybridized carbons (Fsp3) is 0.680. The van der Waals surface area contributed by atoms with Crippen molar-refractivity contribution in [1.29, 1.82) is 0 Å². The fourth-order valence-corrected chi connectivity index (χ4v) is 13.0. The Hall–Kier alpha value is -1.02. The molecule has 0 aromatic heterocycles. The average Bonchev–Trinajstić information content (AvgIpc) is 3.21. The summed E-state index contributed by atoms with van der Waals surface area (Å²) in [5.41, 5.74) is 7.85. The number of ether oxygens (including phenoxy) is 1. The molecule has 4 rings (SSSR count). The zero-order valence-electron chi connectivity index (χ0n) is 18.4. The van der Waals surface area contributed by atoms with Crippen molar-refractivity contribution in [2.45, 2.75) is 90.3 Å². The molecule has 2 heteroatoms. The van der Waals surface area contributed by atoms with Crippen molar-refractivity contribution in [3.8, 4) is 5.75 Å². The largest absolute Gasteiger partial charge is 0.462 e. The van der Waals surface area contributed by atoms with Gasteiger partial charge in [-0.05, 0) is 66.3 Å². The van der Waals surface area contributed by atoms with Crippen LogP contribution in [-0.4, -0.2) is 8.07 Å². The Balaban J connectivity index is 1.85. The van der Waals surface area contributed by atoms with Crippen LogP contribution in [0.5, 0.6) is 5.75 Å². The second kappa shape index (κ2) is 6.79. The Labute approximate surface area is 167 Å². The number of fused-ring (bicyclic) bond motifs is 7. The third-order valence-electron chi connectivity index (χ3n) is 8.39. The number of hydrogen-bond donors (Lipinski definition) is 0. The molecule has 27 heavy (non-hydrogen) atoms. The van der Waals surface area contributed by atoms with Crippen LogP contribution in [0.15, 0.2) is 29.7 Å². The molecule has 148 valence electrons. The summed E-state index contributed by atoms with van der Waals surface area (Å²) < 4.78 is 6.76. The van der Waals surface area contributed by atoms with Gasteiger partial charge in [0.25, 0.3) is 0 Å². The lowest BCUT2D eigenvalue weighted by atomic mass is 9.73. The first-order valence-electron chi connectivity index (χ1n) is 11.3. The van der Waals surface area contributed by atoms with Crippen molar-refractivity contribution < 1.29 is 4.74 Å². The van der Waals surface area contributed by atoms with Crippen LogP contribution in [0.2, 0.25) is 16.6 Å². The monoisotopic (exact) mass is 382 g/mol. The van der Waals surface area contributed by atoms with Crippen molar-refractivity contribution >= 4 is 8.07 Å². The molecule has 0 radical (unpaired) electrons. The summed E-state index contributed by atoms with van der Waals surface area (Å²) in [5.74, 6) is 5.59. The maximum absolute atomic E-state index is 6.76. The van der Waals surface area contributed by atoms with Gasteiger partial charge >= 0.3 is 0 Å². The summed E-state index contributed by atoms with van der Waals surface area (Å²) in [6.45, 7) is 17.0. The molecule has 0 saturated heterocycles. The number of rotatable bonds is 4. The Kier molecular flexibility index (Phi) is 4.86. The number of allylic oxidation sites excluding steroid dienone is 1. The van der Waals surface area contributed by atoms with Crippen molar-refractivity contribution in [3.05, 3.63) is 40.8 Å². The third-order valence-corrected chi connectivity index (χ3v) is 15.2. The van der Waals surface area contributed by atoms with Gasteiger partial charge in [0.1, 0.15) is 11.5 Å². The van der Waals surface area contributed by atoms with Gasteiger partial charge in [0.15, 0.2) is 0 Å². The molecule has 1 aromatic rings. The summed E-state index contributed by atoms with van der Waals surface area (Å²) in [6.07, 6.45) is 4.25.